The van der Waals surface area contributed by atoms with Gasteiger partial charge in [-0.2, -0.15) is 0 Å². The minimum absolute atomic E-state index is 0.198. The van der Waals surface area contributed by atoms with Crippen molar-refractivity contribution in [3.63, 3.8) is 0 Å². The highest BCUT2D eigenvalue weighted by atomic mass is 16.4. The number of fused-ring (bicyclic) bond motifs is 2. The van der Waals surface area contributed by atoms with E-state index in [1.54, 1.807) is 0 Å². The van der Waals surface area contributed by atoms with Crippen molar-refractivity contribution in [3.8, 4) is 0 Å². The molecule has 0 bridgehead atoms. The van der Waals surface area contributed by atoms with Gasteiger partial charge in [-0.15, -0.1) is 0 Å². The van der Waals surface area contributed by atoms with Gasteiger partial charge in [0.05, 0.1) is 16.7 Å². The van der Waals surface area contributed by atoms with E-state index in [9.17, 15) is 4.79 Å². The number of aryl methyl sites for hydroxylation is 1. The van der Waals surface area contributed by atoms with Crippen LogP contribution in [0.2, 0.25) is 0 Å². The molecule has 0 saturated heterocycles. The van der Waals surface area contributed by atoms with Gasteiger partial charge in [-0.3, -0.25) is 4.79 Å². The third-order valence-electron chi connectivity index (χ3n) is 5.05. The molecular formula is C24H23N3O2. The summed E-state index contributed by atoms with van der Waals surface area (Å²) >= 11 is 0. The number of aliphatic carboxylic acids is 1. The summed E-state index contributed by atoms with van der Waals surface area (Å²) in [4.78, 5) is 15.5. The van der Waals surface area contributed by atoms with E-state index < -0.39 is 5.97 Å². The van der Waals surface area contributed by atoms with E-state index >= 15 is 0 Å². The molecule has 3 aromatic carbocycles. The van der Waals surface area contributed by atoms with E-state index in [2.05, 4.69) is 47.0 Å². The van der Waals surface area contributed by atoms with Crippen LogP contribution in [0.1, 0.15) is 18.4 Å². The molecule has 0 atom stereocenters. The zero-order chi connectivity index (χ0) is 20.2. The summed E-state index contributed by atoms with van der Waals surface area (Å²) < 4.78 is 0. The number of benzene rings is 3. The Morgan fingerprint density at radius 2 is 1.66 bits per heavy atom. The van der Waals surface area contributed by atoms with Crippen molar-refractivity contribution in [3.05, 3.63) is 72.3 Å². The van der Waals surface area contributed by atoms with Crippen molar-refractivity contribution in [2.75, 3.05) is 17.7 Å². The Kier molecular flexibility index (Phi) is 5.29. The van der Waals surface area contributed by atoms with E-state index in [0.29, 0.717) is 6.42 Å². The normalized spacial score (nSPS) is 10.9. The third kappa shape index (κ3) is 4.14. The van der Waals surface area contributed by atoms with Crippen LogP contribution in [0, 0.1) is 0 Å². The molecule has 0 saturated carbocycles. The number of carboxylic acid groups (broad SMARTS) is 1. The molecule has 0 radical (unpaired) electrons. The molecular weight excluding hydrogens is 362 g/mol. The zero-order valence-corrected chi connectivity index (χ0v) is 16.3. The van der Waals surface area contributed by atoms with Gasteiger partial charge in [-0.25, -0.2) is 4.98 Å². The molecule has 0 spiro atoms. The maximum absolute atomic E-state index is 10.7. The molecule has 0 fully saturated rings. The van der Waals surface area contributed by atoms with E-state index in [1.807, 2.05) is 37.4 Å². The summed E-state index contributed by atoms with van der Waals surface area (Å²) in [5.74, 6) is -0.749. The maximum atomic E-state index is 10.7. The number of anilines is 3. The predicted molar refractivity (Wildman–Crippen MR) is 119 cm³/mol. The van der Waals surface area contributed by atoms with E-state index in [1.165, 1.54) is 0 Å². The molecule has 1 heterocycles. The van der Waals surface area contributed by atoms with Crippen LogP contribution in [-0.2, 0) is 11.2 Å². The first kappa shape index (κ1) is 18.7. The summed E-state index contributed by atoms with van der Waals surface area (Å²) in [6.07, 6.45) is 1.61. The fourth-order valence-corrected chi connectivity index (χ4v) is 3.53. The van der Waals surface area contributed by atoms with Crippen molar-refractivity contribution in [1.29, 1.82) is 0 Å². The number of rotatable bonds is 7. The number of hydrogen-bond acceptors (Lipinski definition) is 4. The van der Waals surface area contributed by atoms with E-state index in [-0.39, 0.29) is 6.42 Å². The van der Waals surface area contributed by atoms with Gasteiger partial charge < -0.3 is 15.7 Å². The van der Waals surface area contributed by atoms with Crippen molar-refractivity contribution >= 4 is 44.8 Å². The number of aromatic nitrogens is 1. The van der Waals surface area contributed by atoms with Gasteiger partial charge in [0.1, 0.15) is 0 Å². The van der Waals surface area contributed by atoms with Crippen LogP contribution in [0.4, 0.5) is 17.1 Å². The molecule has 5 heteroatoms. The molecule has 0 unspecified atom stereocenters. The van der Waals surface area contributed by atoms with Gasteiger partial charge in [-0.05, 0) is 54.8 Å². The van der Waals surface area contributed by atoms with Gasteiger partial charge in [-0.1, -0.05) is 30.3 Å². The lowest BCUT2D eigenvalue weighted by Crippen LogP contribution is -1.97. The number of carboxylic acids is 1. The number of para-hydroxylation sites is 1. The lowest BCUT2D eigenvalue weighted by molar-refractivity contribution is -0.137. The van der Waals surface area contributed by atoms with Crippen molar-refractivity contribution < 1.29 is 9.90 Å². The zero-order valence-electron chi connectivity index (χ0n) is 16.3. The number of nitrogens with zero attached hydrogens (tertiary/aromatic N) is 1. The van der Waals surface area contributed by atoms with Crippen LogP contribution in [-0.4, -0.2) is 23.1 Å². The highest BCUT2D eigenvalue weighted by Crippen LogP contribution is 2.34. The molecule has 3 N–H and O–H groups in total. The first-order chi connectivity index (χ1) is 14.1. The highest BCUT2D eigenvalue weighted by molar-refractivity contribution is 6.09. The average molecular weight is 385 g/mol. The Bertz CT molecular complexity index is 1170. The van der Waals surface area contributed by atoms with Gasteiger partial charge in [0.2, 0.25) is 0 Å². The van der Waals surface area contributed by atoms with Crippen LogP contribution < -0.4 is 10.6 Å². The van der Waals surface area contributed by atoms with E-state index in [0.717, 1.165) is 50.9 Å². The Morgan fingerprint density at radius 3 is 2.41 bits per heavy atom. The Labute approximate surface area is 169 Å². The fourth-order valence-electron chi connectivity index (χ4n) is 3.53. The smallest absolute Gasteiger partial charge is 0.303 e. The summed E-state index contributed by atoms with van der Waals surface area (Å²) in [6.45, 7) is 0. The molecule has 29 heavy (non-hydrogen) atoms. The first-order valence-corrected chi connectivity index (χ1v) is 9.72. The molecule has 0 aliphatic heterocycles. The van der Waals surface area contributed by atoms with Gasteiger partial charge in [0.25, 0.3) is 0 Å². The van der Waals surface area contributed by atoms with Crippen molar-refractivity contribution in [1.82, 2.24) is 4.98 Å². The van der Waals surface area contributed by atoms with Crippen molar-refractivity contribution in [2.45, 2.75) is 19.3 Å². The number of pyridine rings is 1. The molecule has 146 valence electrons. The topological polar surface area (TPSA) is 74.2 Å². The van der Waals surface area contributed by atoms with Crippen LogP contribution in [0.15, 0.2) is 66.7 Å². The molecule has 1 aromatic heterocycles. The Balaban J connectivity index is 1.68. The number of carbonyl (C=O) groups is 1. The van der Waals surface area contributed by atoms with Crippen LogP contribution in [0.5, 0.6) is 0 Å². The largest absolute Gasteiger partial charge is 0.481 e. The van der Waals surface area contributed by atoms with Crippen LogP contribution in [0.3, 0.4) is 0 Å². The lowest BCUT2D eigenvalue weighted by atomic mass is 10.1. The fraction of sp³-hybridized carbons (Fsp3) is 0.167. The van der Waals surface area contributed by atoms with Gasteiger partial charge in [0.15, 0.2) is 0 Å². The number of nitrogens with one attached hydrogen (secondary N) is 2. The van der Waals surface area contributed by atoms with E-state index in [4.69, 9.17) is 10.1 Å². The summed E-state index contributed by atoms with van der Waals surface area (Å²) in [6, 6.07) is 22.5. The Hall–Kier alpha value is -3.60. The van der Waals surface area contributed by atoms with Crippen LogP contribution >= 0.6 is 0 Å². The summed E-state index contributed by atoms with van der Waals surface area (Å²) in [7, 11) is 1.90. The molecule has 0 amide bonds. The maximum Gasteiger partial charge on any atom is 0.303 e. The monoisotopic (exact) mass is 385 g/mol. The lowest BCUT2D eigenvalue weighted by Gasteiger charge is -2.14. The summed E-state index contributed by atoms with van der Waals surface area (Å²) in [5, 5.41) is 17.7. The molecule has 0 aliphatic rings. The molecule has 0 aliphatic carbocycles. The number of hydrogen-bond donors (Lipinski definition) is 3. The first-order valence-electron chi connectivity index (χ1n) is 9.72. The minimum atomic E-state index is -0.749. The standard InChI is InChI=1S/C24H23N3O2/c1-25-18-13-14-20-22(15-18)27-21-7-3-2-6-19(21)24(20)26-17-11-9-16(10-12-17)5-4-8-23(28)29/h2-3,6-7,9-15,25H,4-5,8H2,1H3,(H,26,27)(H,28,29). The quantitative estimate of drug-likeness (QED) is 0.362. The molecule has 4 aromatic rings. The van der Waals surface area contributed by atoms with Crippen molar-refractivity contribution in [2.24, 2.45) is 0 Å². The van der Waals surface area contributed by atoms with Gasteiger partial charge in [0, 0.05) is 35.6 Å². The second-order valence-corrected chi connectivity index (χ2v) is 7.06. The second-order valence-electron chi connectivity index (χ2n) is 7.06. The molecule has 4 rings (SSSR count). The average Bonchev–Trinajstić information content (AvgIpc) is 2.74. The molecule has 5 nitrogen and oxygen atoms in total. The predicted octanol–water partition coefficient (Wildman–Crippen LogP) is 5.58. The Morgan fingerprint density at radius 1 is 0.931 bits per heavy atom. The van der Waals surface area contributed by atoms with Crippen LogP contribution in [0.25, 0.3) is 21.8 Å². The summed E-state index contributed by atoms with van der Waals surface area (Å²) in [5.41, 5.74) is 6.07. The van der Waals surface area contributed by atoms with Gasteiger partial charge >= 0.3 is 5.97 Å². The SMILES string of the molecule is CNc1ccc2c(Nc3ccc(CCCC(=O)O)cc3)c3ccccc3nc2c1. The second kappa shape index (κ2) is 8.19. The minimum Gasteiger partial charge on any atom is -0.481 e. The highest BCUT2D eigenvalue weighted by Gasteiger charge is 2.10. The third-order valence-corrected chi connectivity index (χ3v) is 5.05.